The maximum Gasteiger partial charge on any atom is 0.0998 e. The highest BCUT2D eigenvalue weighted by molar-refractivity contribution is 7.16. The van der Waals surface area contributed by atoms with Crippen molar-refractivity contribution in [3.05, 3.63) is 28.2 Å². The molecule has 2 aromatic rings. The van der Waals surface area contributed by atoms with Gasteiger partial charge < -0.3 is 0 Å². The summed E-state index contributed by atoms with van der Waals surface area (Å²) in [6.07, 6.45) is 0. The first-order valence-corrected chi connectivity index (χ1v) is 5.77. The van der Waals surface area contributed by atoms with Crippen LogP contribution in [0.15, 0.2) is 17.6 Å². The van der Waals surface area contributed by atoms with Crippen molar-refractivity contribution in [3.8, 4) is 0 Å². The number of hydrogen-bond donors (Lipinski definition) is 0. The van der Waals surface area contributed by atoms with Crippen molar-refractivity contribution in [2.75, 3.05) is 0 Å². The van der Waals surface area contributed by atoms with Crippen LogP contribution in [0.3, 0.4) is 0 Å². The second-order valence-electron chi connectivity index (χ2n) is 4.41. The lowest BCUT2D eigenvalue weighted by Gasteiger charge is -2.19. The highest BCUT2D eigenvalue weighted by Gasteiger charge is 2.16. The van der Waals surface area contributed by atoms with E-state index in [0.29, 0.717) is 0 Å². The standard InChI is InChI=1S/C11H12ClNS/c1-11(2,3)7-4-8(12)10-9(5-7)14-6-13-10/h4-6H,1-3H3. The average molecular weight is 226 g/mol. The predicted octanol–water partition coefficient (Wildman–Crippen LogP) is 4.25. The third kappa shape index (κ3) is 1.64. The minimum Gasteiger partial charge on any atom is -0.243 e. The average Bonchev–Trinajstić information content (AvgIpc) is 2.50. The summed E-state index contributed by atoms with van der Waals surface area (Å²) in [4.78, 5) is 4.23. The Morgan fingerprint density at radius 2 is 2.00 bits per heavy atom. The van der Waals surface area contributed by atoms with E-state index in [1.54, 1.807) is 11.3 Å². The van der Waals surface area contributed by atoms with Crippen LogP contribution in [0.4, 0.5) is 0 Å². The van der Waals surface area contributed by atoms with Gasteiger partial charge in [0.15, 0.2) is 0 Å². The summed E-state index contributed by atoms with van der Waals surface area (Å²) >= 11 is 7.79. The lowest BCUT2D eigenvalue weighted by atomic mass is 9.87. The van der Waals surface area contributed by atoms with Crippen LogP contribution in [0, 0.1) is 0 Å². The van der Waals surface area contributed by atoms with Gasteiger partial charge in [-0.2, -0.15) is 0 Å². The van der Waals surface area contributed by atoms with Gasteiger partial charge in [-0.15, -0.1) is 11.3 Å². The molecule has 0 saturated carbocycles. The van der Waals surface area contributed by atoms with Crippen molar-refractivity contribution < 1.29 is 0 Å². The van der Waals surface area contributed by atoms with Crippen molar-refractivity contribution in [3.63, 3.8) is 0 Å². The monoisotopic (exact) mass is 225 g/mol. The Morgan fingerprint density at radius 3 is 2.64 bits per heavy atom. The van der Waals surface area contributed by atoms with E-state index in [1.807, 2.05) is 11.6 Å². The fourth-order valence-electron chi connectivity index (χ4n) is 1.36. The summed E-state index contributed by atoms with van der Waals surface area (Å²) in [5.74, 6) is 0. The number of rotatable bonds is 0. The fourth-order valence-corrected chi connectivity index (χ4v) is 2.42. The van der Waals surface area contributed by atoms with Gasteiger partial charge in [0.1, 0.15) is 0 Å². The van der Waals surface area contributed by atoms with E-state index >= 15 is 0 Å². The van der Waals surface area contributed by atoms with Gasteiger partial charge in [-0.25, -0.2) is 4.98 Å². The zero-order chi connectivity index (χ0) is 10.3. The van der Waals surface area contributed by atoms with E-state index in [2.05, 4.69) is 31.8 Å². The van der Waals surface area contributed by atoms with E-state index in [9.17, 15) is 0 Å². The van der Waals surface area contributed by atoms with Gasteiger partial charge in [0.05, 0.1) is 20.7 Å². The highest BCUT2D eigenvalue weighted by atomic mass is 35.5. The minimum atomic E-state index is 0.141. The van der Waals surface area contributed by atoms with Crippen LogP contribution in [-0.4, -0.2) is 4.98 Å². The van der Waals surface area contributed by atoms with Crippen LogP contribution < -0.4 is 0 Å². The lowest BCUT2D eigenvalue weighted by molar-refractivity contribution is 0.591. The van der Waals surface area contributed by atoms with Crippen LogP contribution in [-0.2, 0) is 5.41 Å². The van der Waals surface area contributed by atoms with Gasteiger partial charge in [0.2, 0.25) is 0 Å². The van der Waals surface area contributed by atoms with Gasteiger partial charge in [-0.1, -0.05) is 32.4 Å². The van der Waals surface area contributed by atoms with Crippen molar-refractivity contribution in [1.29, 1.82) is 0 Å². The SMILES string of the molecule is CC(C)(C)c1cc(Cl)c2ncsc2c1. The molecule has 2 rings (SSSR count). The smallest absolute Gasteiger partial charge is 0.0998 e. The van der Waals surface area contributed by atoms with Crippen LogP contribution >= 0.6 is 22.9 Å². The third-order valence-electron chi connectivity index (χ3n) is 2.26. The first kappa shape index (κ1) is 9.94. The van der Waals surface area contributed by atoms with Crippen molar-refractivity contribution in [2.45, 2.75) is 26.2 Å². The van der Waals surface area contributed by atoms with E-state index < -0.39 is 0 Å². The Kier molecular flexibility index (Phi) is 2.28. The molecular weight excluding hydrogens is 214 g/mol. The van der Waals surface area contributed by atoms with Crippen LogP contribution in [0.25, 0.3) is 10.2 Å². The van der Waals surface area contributed by atoms with E-state index in [1.165, 1.54) is 10.3 Å². The fraction of sp³-hybridized carbons (Fsp3) is 0.364. The molecule has 0 aliphatic carbocycles. The number of benzene rings is 1. The van der Waals surface area contributed by atoms with Crippen LogP contribution in [0.2, 0.25) is 5.02 Å². The first-order valence-electron chi connectivity index (χ1n) is 4.52. The van der Waals surface area contributed by atoms with Gasteiger partial charge in [-0.05, 0) is 23.1 Å². The normalized spacial score (nSPS) is 12.3. The molecule has 1 heterocycles. The summed E-state index contributed by atoms with van der Waals surface area (Å²) in [6, 6.07) is 4.20. The topological polar surface area (TPSA) is 12.9 Å². The van der Waals surface area contributed by atoms with Gasteiger partial charge in [-0.3, -0.25) is 0 Å². The molecule has 0 bridgehead atoms. The molecule has 0 spiro atoms. The maximum absolute atomic E-state index is 6.15. The Hall–Kier alpha value is -0.600. The molecule has 1 aromatic carbocycles. The Balaban J connectivity index is 2.70. The minimum absolute atomic E-state index is 0.141. The van der Waals surface area contributed by atoms with Gasteiger partial charge in [0, 0.05) is 0 Å². The molecule has 1 nitrogen and oxygen atoms in total. The lowest BCUT2D eigenvalue weighted by Crippen LogP contribution is -2.10. The number of aromatic nitrogens is 1. The molecule has 0 unspecified atom stereocenters. The molecule has 3 heteroatoms. The number of fused-ring (bicyclic) bond motifs is 1. The molecule has 0 aliphatic heterocycles. The molecule has 0 radical (unpaired) electrons. The summed E-state index contributed by atoms with van der Waals surface area (Å²) in [5, 5.41) is 0.758. The number of nitrogens with zero attached hydrogens (tertiary/aromatic N) is 1. The maximum atomic E-state index is 6.15. The molecule has 0 amide bonds. The molecular formula is C11H12ClNS. The van der Waals surface area contributed by atoms with E-state index in [0.717, 1.165) is 10.5 Å². The second kappa shape index (κ2) is 3.21. The van der Waals surface area contributed by atoms with Crippen molar-refractivity contribution in [1.82, 2.24) is 4.98 Å². The van der Waals surface area contributed by atoms with Crippen LogP contribution in [0.1, 0.15) is 26.3 Å². The van der Waals surface area contributed by atoms with Crippen molar-refractivity contribution in [2.24, 2.45) is 0 Å². The molecule has 0 N–H and O–H groups in total. The van der Waals surface area contributed by atoms with Crippen molar-refractivity contribution >= 4 is 33.2 Å². The molecule has 0 atom stereocenters. The van der Waals surface area contributed by atoms with E-state index in [-0.39, 0.29) is 5.41 Å². The summed E-state index contributed by atoms with van der Waals surface area (Å²) in [5.41, 5.74) is 4.16. The summed E-state index contributed by atoms with van der Waals surface area (Å²) in [6.45, 7) is 6.56. The quantitative estimate of drug-likeness (QED) is 0.653. The molecule has 74 valence electrons. The summed E-state index contributed by atoms with van der Waals surface area (Å²) in [7, 11) is 0. The third-order valence-corrected chi connectivity index (χ3v) is 3.32. The Bertz CT molecular complexity index is 468. The van der Waals surface area contributed by atoms with Gasteiger partial charge in [0.25, 0.3) is 0 Å². The van der Waals surface area contributed by atoms with E-state index in [4.69, 9.17) is 11.6 Å². The number of halogens is 1. The Morgan fingerprint density at radius 1 is 1.29 bits per heavy atom. The molecule has 1 aromatic heterocycles. The molecule has 14 heavy (non-hydrogen) atoms. The first-order chi connectivity index (χ1) is 6.48. The zero-order valence-corrected chi connectivity index (χ0v) is 10.0. The zero-order valence-electron chi connectivity index (χ0n) is 8.47. The number of hydrogen-bond acceptors (Lipinski definition) is 2. The molecule has 0 fully saturated rings. The molecule has 0 saturated heterocycles. The Labute approximate surface area is 92.7 Å². The largest absolute Gasteiger partial charge is 0.243 e. The summed E-state index contributed by atoms with van der Waals surface area (Å²) < 4.78 is 1.17. The number of thiazole rings is 1. The second-order valence-corrected chi connectivity index (χ2v) is 5.70. The van der Waals surface area contributed by atoms with Crippen LogP contribution in [0.5, 0.6) is 0 Å². The molecule has 0 aliphatic rings. The van der Waals surface area contributed by atoms with Gasteiger partial charge >= 0.3 is 0 Å². The predicted molar refractivity (Wildman–Crippen MR) is 63.3 cm³/mol. The highest BCUT2D eigenvalue weighted by Crippen LogP contribution is 2.32.